The second kappa shape index (κ2) is 7.48. The molecule has 0 radical (unpaired) electrons. The number of para-hydroxylation sites is 2. The van der Waals surface area contributed by atoms with Gasteiger partial charge < -0.3 is 10.1 Å². The fourth-order valence-corrected chi connectivity index (χ4v) is 1.90. The van der Waals surface area contributed by atoms with Gasteiger partial charge in [-0.2, -0.15) is 0 Å². The van der Waals surface area contributed by atoms with Crippen molar-refractivity contribution in [3.05, 3.63) is 60.2 Å². The van der Waals surface area contributed by atoms with Gasteiger partial charge in [0, 0.05) is 12.3 Å². The highest BCUT2D eigenvalue weighted by atomic mass is 16.5. The lowest BCUT2D eigenvalue weighted by molar-refractivity contribution is -0.118. The Hall–Kier alpha value is -2.29. The average molecular weight is 283 g/mol. The van der Waals surface area contributed by atoms with Crippen LogP contribution >= 0.6 is 0 Å². The van der Waals surface area contributed by atoms with Crippen molar-refractivity contribution in [3.8, 4) is 5.75 Å². The molecule has 21 heavy (non-hydrogen) atoms. The Morgan fingerprint density at radius 3 is 2.43 bits per heavy atom. The van der Waals surface area contributed by atoms with Crippen LogP contribution in [0, 0.1) is 5.92 Å². The molecule has 0 heterocycles. The molecular weight excluding hydrogens is 262 g/mol. The molecule has 110 valence electrons. The van der Waals surface area contributed by atoms with Crippen LogP contribution in [0.2, 0.25) is 0 Å². The van der Waals surface area contributed by atoms with E-state index in [9.17, 15) is 4.79 Å². The molecule has 0 unspecified atom stereocenters. The Labute approximate surface area is 126 Å². The minimum absolute atomic E-state index is 0.00545. The molecule has 0 spiro atoms. The van der Waals surface area contributed by atoms with E-state index in [4.69, 9.17) is 4.74 Å². The molecule has 1 amide bonds. The largest absolute Gasteiger partial charge is 0.491 e. The van der Waals surface area contributed by atoms with Gasteiger partial charge in [0.15, 0.2) is 0 Å². The Morgan fingerprint density at radius 2 is 1.71 bits per heavy atom. The van der Waals surface area contributed by atoms with Crippen LogP contribution < -0.4 is 10.1 Å². The maximum atomic E-state index is 11.8. The monoisotopic (exact) mass is 283 g/mol. The van der Waals surface area contributed by atoms with Crippen molar-refractivity contribution in [2.24, 2.45) is 5.92 Å². The Morgan fingerprint density at radius 1 is 1.05 bits per heavy atom. The summed E-state index contributed by atoms with van der Waals surface area (Å²) in [6, 6.07) is 17.7. The standard InChI is InChI=1S/C18H21NO2/c1-14(2)18(20)19-16-10-6-7-11-17(16)21-13-12-15-8-4-3-5-9-15/h3-11,14H,12-13H2,1-2H3,(H,19,20). The molecule has 2 aromatic carbocycles. The number of hydrogen-bond donors (Lipinski definition) is 1. The van der Waals surface area contributed by atoms with E-state index in [2.05, 4.69) is 17.4 Å². The molecule has 0 aromatic heterocycles. The molecule has 1 N–H and O–H groups in total. The molecule has 0 aliphatic rings. The van der Waals surface area contributed by atoms with Crippen molar-refractivity contribution >= 4 is 11.6 Å². The highest BCUT2D eigenvalue weighted by Gasteiger charge is 2.10. The van der Waals surface area contributed by atoms with E-state index in [1.54, 1.807) is 0 Å². The summed E-state index contributed by atoms with van der Waals surface area (Å²) in [6.45, 7) is 4.32. The lowest BCUT2D eigenvalue weighted by atomic mass is 10.2. The van der Waals surface area contributed by atoms with Crippen molar-refractivity contribution in [1.29, 1.82) is 0 Å². The van der Waals surface area contributed by atoms with Gasteiger partial charge in [0.1, 0.15) is 5.75 Å². The zero-order valence-corrected chi connectivity index (χ0v) is 12.5. The Bertz CT molecular complexity index is 579. The predicted octanol–water partition coefficient (Wildman–Crippen LogP) is 3.90. The zero-order chi connectivity index (χ0) is 15.1. The van der Waals surface area contributed by atoms with Gasteiger partial charge >= 0.3 is 0 Å². The summed E-state index contributed by atoms with van der Waals surface area (Å²) in [4.78, 5) is 11.8. The molecule has 2 rings (SSSR count). The van der Waals surface area contributed by atoms with Crippen LogP contribution in [0.5, 0.6) is 5.75 Å². The molecule has 3 heteroatoms. The number of nitrogens with one attached hydrogen (secondary N) is 1. The minimum atomic E-state index is -0.0534. The quantitative estimate of drug-likeness (QED) is 0.873. The zero-order valence-electron chi connectivity index (χ0n) is 12.5. The van der Waals surface area contributed by atoms with E-state index in [-0.39, 0.29) is 11.8 Å². The van der Waals surface area contributed by atoms with Gasteiger partial charge in [-0.05, 0) is 17.7 Å². The smallest absolute Gasteiger partial charge is 0.227 e. The van der Waals surface area contributed by atoms with Crippen LogP contribution in [0.4, 0.5) is 5.69 Å². The topological polar surface area (TPSA) is 38.3 Å². The molecule has 0 aliphatic carbocycles. The number of anilines is 1. The van der Waals surface area contributed by atoms with Crippen molar-refractivity contribution in [1.82, 2.24) is 0 Å². The average Bonchev–Trinajstić information content (AvgIpc) is 2.50. The van der Waals surface area contributed by atoms with Crippen LogP contribution in [0.25, 0.3) is 0 Å². The van der Waals surface area contributed by atoms with Crippen LogP contribution in [0.3, 0.4) is 0 Å². The molecule has 0 bridgehead atoms. The van der Waals surface area contributed by atoms with Gasteiger partial charge in [0.2, 0.25) is 5.91 Å². The third-order valence-electron chi connectivity index (χ3n) is 3.16. The number of carbonyl (C=O) groups is 1. The lowest BCUT2D eigenvalue weighted by Crippen LogP contribution is -2.18. The minimum Gasteiger partial charge on any atom is -0.491 e. The van der Waals surface area contributed by atoms with Crippen LogP contribution in [-0.2, 0) is 11.2 Å². The van der Waals surface area contributed by atoms with Crippen molar-refractivity contribution < 1.29 is 9.53 Å². The van der Waals surface area contributed by atoms with E-state index in [0.717, 1.165) is 12.1 Å². The third-order valence-corrected chi connectivity index (χ3v) is 3.16. The fourth-order valence-electron chi connectivity index (χ4n) is 1.90. The summed E-state index contributed by atoms with van der Waals surface area (Å²) < 4.78 is 5.81. The normalized spacial score (nSPS) is 10.4. The number of carbonyl (C=O) groups excluding carboxylic acids is 1. The fraction of sp³-hybridized carbons (Fsp3) is 0.278. The first-order valence-corrected chi connectivity index (χ1v) is 7.23. The first-order chi connectivity index (χ1) is 10.2. The molecule has 0 aliphatic heterocycles. The summed E-state index contributed by atoms with van der Waals surface area (Å²) in [7, 11) is 0. The molecule has 0 atom stereocenters. The van der Waals surface area contributed by atoms with Crippen LogP contribution in [0.15, 0.2) is 54.6 Å². The second-order valence-electron chi connectivity index (χ2n) is 5.22. The van der Waals surface area contributed by atoms with Gasteiger partial charge in [-0.25, -0.2) is 0 Å². The molecule has 0 fully saturated rings. The highest BCUT2D eigenvalue weighted by Crippen LogP contribution is 2.24. The van der Waals surface area contributed by atoms with E-state index >= 15 is 0 Å². The van der Waals surface area contributed by atoms with E-state index < -0.39 is 0 Å². The first-order valence-electron chi connectivity index (χ1n) is 7.23. The maximum Gasteiger partial charge on any atom is 0.227 e. The number of benzene rings is 2. The van der Waals surface area contributed by atoms with Gasteiger partial charge in [0.25, 0.3) is 0 Å². The van der Waals surface area contributed by atoms with Crippen LogP contribution in [0.1, 0.15) is 19.4 Å². The second-order valence-corrected chi connectivity index (χ2v) is 5.22. The molecule has 3 nitrogen and oxygen atoms in total. The number of hydrogen-bond acceptors (Lipinski definition) is 2. The van der Waals surface area contributed by atoms with Gasteiger partial charge in [-0.3, -0.25) is 4.79 Å². The SMILES string of the molecule is CC(C)C(=O)Nc1ccccc1OCCc1ccccc1. The lowest BCUT2D eigenvalue weighted by Gasteiger charge is -2.13. The summed E-state index contributed by atoms with van der Waals surface area (Å²) in [6.07, 6.45) is 0.841. The third kappa shape index (κ3) is 4.63. The van der Waals surface area contributed by atoms with E-state index in [1.165, 1.54) is 5.56 Å². The molecule has 0 saturated heterocycles. The first kappa shape index (κ1) is 15.1. The molecule has 0 saturated carbocycles. The summed E-state index contributed by atoms with van der Waals surface area (Å²) in [5, 5.41) is 2.89. The summed E-state index contributed by atoms with van der Waals surface area (Å²) >= 11 is 0. The summed E-state index contributed by atoms with van der Waals surface area (Å²) in [5.41, 5.74) is 1.96. The van der Waals surface area contributed by atoms with E-state index in [0.29, 0.717) is 12.4 Å². The van der Waals surface area contributed by atoms with Crippen molar-refractivity contribution in [3.63, 3.8) is 0 Å². The van der Waals surface area contributed by atoms with E-state index in [1.807, 2.05) is 56.3 Å². The summed E-state index contributed by atoms with van der Waals surface area (Å²) in [5.74, 6) is 0.652. The predicted molar refractivity (Wildman–Crippen MR) is 85.6 cm³/mol. The Balaban J connectivity index is 1.95. The van der Waals surface area contributed by atoms with Gasteiger partial charge in [-0.1, -0.05) is 56.3 Å². The number of amides is 1. The Kier molecular flexibility index (Phi) is 5.38. The number of ether oxygens (including phenoxy) is 1. The highest BCUT2D eigenvalue weighted by molar-refractivity contribution is 5.93. The molecular formula is C18H21NO2. The van der Waals surface area contributed by atoms with Crippen molar-refractivity contribution in [2.45, 2.75) is 20.3 Å². The number of rotatable bonds is 6. The molecule has 2 aromatic rings. The van der Waals surface area contributed by atoms with Gasteiger partial charge in [-0.15, -0.1) is 0 Å². The maximum absolute atomic E-state index is 11.8. The van der Waals surface area contributed by atoms with Crippen molar-refractivity contribution in [2.75, 3.05) is 11.9 Å². The van der Waals surface area contributed by atoms with Crippen LogP contribution in [-0.4, -0.2) is 12.5 Å². The van der Waals surface area contributed by atoms with Gasteiger partial charge in [0.05, 0.1) is 12.3 Å².